The van der Waals surface area contributed by atoms with Crippen molar-refractivity contribution in [1.29, 1.82) is 0 Å². The predicted molar refractivity (Wildman–Crippen MR) is 108 cm³/mol. The van der Waals surface area contributed by atoms with Crippen LogP contribution in [0.1, 0.15) is 61.3 Å². The van der Waals surface area contributed by atoms with Gasteiger partial charge in [-0.2, -0.15) is 5.10 Å². The van der Waals surface area contributed by atoms with Crippen LogP contribution in [-0.4, -0.2) is 25.6 Å². The molecule has 8 heteroatoms. The Morgan fingerprint density at radius 3 is 2.54 bits per heavy atom. The van der Waals surface area contributed by atoms with E-state index in [1.54, 1.807) is 36.0 Å². The number of pyridine rings is 1. The largest absolute Gasteiger partial charge is 0.322 e. The molecule has 1 N–H and O–H groups in total. The molecule has 2 heterocycles. The van der Waals surface area contributed by atoms with Gasteiger partial charge >= 0.3 is 0 Å². The number of nitro benzene ring substituents is 1. The molecule has 0 fully saturated rings. The molecule has 1 aromatic carbocycles. The quantitative estimate of drug-likeness (QED) is 0.514. The molecule has 0 aliphatic heterocycles. The first-order valence-electron chi connectivity index (χ1n) is 9.13. The van der Waals surface area contributed by atoms with Crippen molar-refractivity contribution < 1.29 is 9.72 Å². The first-order valence-corrected chi connectivity index (χ1v) is 9.13. The van der Waals surface area contributed by atoms with Crippen LogP contribution < -0.4 is 5.32 Å². The van der Waals surface area contributed by atoms with Crippen LogP contribution in [0, 0.1) is 17.0 Å². The van der Waals surface area contributed by atoms with Crippen molar-refractivity contribution in [3.63, 3.8) is 0 Å². The number of hydrogen-bond donors (Lipinski definition) is 1. The summed E-state index contributed by atoms with van der Waals surface area (Å²) in [5, 5.41) is 19.0. The summed E-state index contributed by atoms with van der Waals surface area (Å²) in [7, 11) is 0. The number of anilines is 1. The molecule has 0 aliphatic rings. The van der Waals surface area contributed by atoms with Gasteiger partial charge in [-0.3, -0.25) is 14.9 Å². The van der Waals surface area contributed by atoms with Crippen molar-refractivity contribution in [2.45, 2.75) is 46.6 Å². The van der Waals surface area contributed by atoms with Gasteiger partial charge in [0, 0.05) is 29.1 Å². The summed E-state index contributed by atoms with van der Waals surface area (Å²) < 4.78 is 1.79. The molecule has 0 radical (unpaired) electrons. The van der Waals surface area contributed by atoms with E-state index >= 15 is 0 Å². The second-order valence-corrected chi connectivity index (χ2v) is 7.38. The van der Waals surface area contributed by atoms with E-state index in [1.807, 2.05) is 27.7 Å². The van der Waals surface area contributed by atoms with Crippen molar-refractivity contribution in [3.8, 4) is 0 Å². The molecule has 0 bridgehead atoms. The summed E-state index contributed by atoms with van der Waals surface area (Å²) in [4.78, 5) is 28.4. The number of fused-ring (bicyclic) bond motifs is 1. The van der Waals surface area contributed by atoms with Gasteiger partial charge in [0.05, 0.1) is 22.1 Å². The lowest BCUT2D eigenvalue weighted by Gasteiger charge is -2.12. The Bertz CT molecular complexity index is 1070. The number of amides is 1. The molecule has 3 aromatic rings. The molecular formula is C20H23N5O3. The lowest BCUT2D eigenvalue weighted by Crippen LogP contribution is -2.14. The minimum Gasteiger partial charge on any atom is -0.322 e. The van der Waals surface area contributed by atoms with Crippen LogP contribution in [0.2, 0.25) is 0 Å². The highest BCUT2D eigenvalue weighted by molar-refractivity contribution is 6.12. The Kier molecular flexibility index (Phi) is 5.13. The van der Waals surface area contributed by atoms with Crippen molar-refractivity contribution in [2.75, 3.05) is 5.32 Å². The molecule has 1 amide bonds. The normalized spacial score (nSPS) is 11.4. The maximum atomic E-state index is 13.0. The Hall–Kier alpha value is -3.29. The van der Waals surface area contributed by atoms with Crippen molar-refractivity contribution >= 4 is 28.3 Å². The standard InChI is InChI=1S/C20H23N5O3/c1-11(2)17-9-15(16-10-21-24(12(3)4)19(16)23-17)20(26)22-14-7-6-13(5)18(8-14)25(27)28/h6-12H,1-5H3,(H,22,26). The van der Waals surface area contributed by atoms with Crippen LogP contribution in [0.15, 0.2) is 30.5 Å². The van der Waals surface area contributed by atoms with E-state index in [0.29, 0.717) is 27.8 Å². The smallest absolute Gasteiger partial charge is 0.274 e. The molecule has 0 saturated heterocycles. The second-order valence-electron chi connectivity index (χ2n) is 7.38. The van der Waals surface area contributed by atoms with Crippen molar-refractivity contribution in [1.82, 2.24) is 14.8 Å². The van der Waals surface area contributed by atoms with Gasteiger partial charge in [-0.15, -0.1) is 0 Å². The fourth-order valence-electron chi connectivity index (χ4n) is 2.98. The lowest BCUT2D eigenvalue weighted by atomic mass is 10.0. The van der Waals surface area contributed by atoms with Crippen molar-refractivity contribution in [3.05, 3.63) is 57.4 Å². The zero-order valence-corrected chi connectivity index (χ0v) is 16.6. The zero-order valence-electron chi connectivity index (χ0n) is 16.6. The van der Waals surface area contributed by atoms with Gasteiger partial charge in [-0.25, -0.2) is 9.67 Å². The van der Waals surface area contributed by atoms with E-state index in [4.69, 9.17) is 0 Å². The van der Waals surface area contributed by atoms with E-state index in [0.717, 1.165) is 5.69 Å². The van der Waals surface area contributed by atoms with Crippen molar-refractivity contribution in [2.24, 2.45) is 0 Å². The molecule has 0 atom stereocenters. The maximum Gasteiger partial charge on any atom is 0.274 e. The third-order valence-corrected chi connectivity index (χ3v) is 4.58. The van der Waals surface area contributed by atoms with Crippen LogP contribution in [-0.2, 0) is 0 Å². The number of hydrogen-bond acceptors (Lipinski definition) is 5. The van der Waals surface area contributed by atoms with Gasteiger partial charge in [0.1, 0.15) is 0 Å². The van der Waals surface area contributed by atoms with Gasteiger partial charge in [0.15, 0.2) is 5.65 Å². The number of rotatable bonds is 5. The molecule has 2 aromatic heterocycles. The van der Waals surface area contributed by atoms with Gasteiger partial charge in [-0.1, -0.05) is 19.9 Å². The van der Waals surface area contributed by atoms with E-state index in [-0.39, 0.29) is 23.6 Å². The number of nitrogens with one attached hydrogen (secondary N) is 1. The number of nitro groups is 1. The molecule has 3 rings (SSSR count). The van der Waals surface area contributed by atoms with Crippen LogP contribution in [0.25, 0.3) is 11.0 Å². The third kappa shape index (κ3) is 3.58. The number of aryl methyl sites for hydroxylation is 1. The lowest BCUT2D eigenvalue weighted by molar-refractivity contribution is -0.385. The van der Waals surface area contributed by atoms with Crippen LogP contribution in [0.4, 0.5) is 11.4 Å². The molecule has 0 aliphatic carbocycles. The highest BCUT2D eigenvalue weighted by atomic mass is 16.6. The van der Waals surface area contributed by atoms with E-state index in [2.05, 4.69) is 15.4 Å². The SMILES string of the molecule is Cc1ccc(NC(=O)c2cc(C(C)C)nc3c2cnn3C(C)C)cc1[N+](=O)[O-]. The summed E-state index contributed by atoms with van der Waals surface area (Å²) in [6, 6.07) is 6.50. The maximum absolute atomic E-state index is 13.0. The number of carbonyl (C=O) groups is 1. The molecule has 28 heavy (non-hydrogen) atoms. The van der Waals surface area contributed by atoms with Gasteiger partial charge < -0.3 is 5.32 Å². The second kappa shape index (κ2) is 7.38. The Labute approximate surface area is 162 Å². The zero-order chi connectivity index (χ0) is 20.6. The molecule has 0 unspecified atom stereocenters. The molecule has 8 nitrogen and oxygen atoms in total. The van der Waals surface area contributed by atoms with Crippen LogP contribution in [0.5, 0.6) is 0 Å². The van der Waals surface area contributed by atoms with E-state index < -0.39 is 4.92 Å². The monoisotopic (exact) mass is 381 g/mol. The minimum absolute atomic E-state index is 0.0341. The number of aromatic nitrogens is 3. The fourth-order valence-corrected chi connectivity index (χ4v) is 2.98. The fraction of sp³-hybridized carbons (Fsp3) is 0.350. The molecular weight excluding hydrogens is 358 g/mol. The van der Waals surface area contributed by atoms with E-state index in [9.17, 15) is 14.9 Å². The number of benzene rings is 1. The Balaban J connectivity index is 2.06. The van der Waals surface area contributed by atoms with E-state index in [1.165, 1.54) is 6.07 Å². The highest BCUT2D eigenvalue weighted by Gasteiger charge is 2.20. The molecule has 146 valence electrons. The Morgan fingerprint density at radius 1 is 1.21 bits per heavy atom. The molecule has 0 saturated carbocycles. The van der Waals surface area contributed by atoms with Crippen LogP contribution in [0.3, 0.4) is 0 Å². The van der Waals surface area contributed by atoms with Gasteiger partial charge in [0.25, 0.3) is 11.6 Å². The third-order valence-electron chi connectivity index (χ3n) is 4.58. The average Bonchev–Trinajstić information content (AvgIpc) is 3.06. The predicted octanol–water partition coefficient (Wildman–Crippen LogP) is 4.60. The highest BCUT2D eigenvalue weighted by Crippen LogP contribution is 2.26. The van der Waals surface area contributed by atoms with Crippen LogP contribution >= 0.6 is 0 Å². The number of nitrogens with zero attached hydrogens (tertiary/aromatic N) is 4. The first kappa shape index (κ1) is 19.5. The summed E-state index contributed by atoms with van der Waals surface area (Å²) in [6.07, 6.45) is 1.64. The molecule has 0 spiro atoms. The summed E-state index contributed by atoms with van der Waals surface area (Å²) in [5.41, 5.74) is 2.76. The average molecular weight is 381 g/mol. The van der Waals surface area contributed by atoms with Gasteiger partial charge in [0.2, 0.25) is 0 Å². The first-order chi connectivity index (χ1) is 13.2. The summed E-state index contributed by atoms with van der Waals surface area (Å²) in [6.45, 7) is 9.68. The topological polar surface area (TPSA) is 103 Å². The summed E-state index contributed by atoms with van der Waals surface area (Å²) >= 11 is 0. The summed E-state index contributed by atoms with van der Waals surface area (Å²) in [5.74, 6) is -0.220. The Morgan fingerprint density at radius 2 is 1.93 bits per heavy atom. The van der Waals surface area contributed by atoms with Gasteiger partial charge in [-0.05, 0) is 38.8 Å². The number of carbonyl (C=O) groups excluding carboxylic acids is 1. The minimum atomic E-state index is -0.459.